The maximum Gasteiger partial charge on any atom is 0.323 e. The van der Waals surface area contributed by atoms with Gasteiger partial charge in [-0.15, -0.1) is 0 Å². The molecule has 176 valence electrons. The van der Waals surface area contributed by atoms with Gasteiger partial charge in [-0.1, -0.05) is 17.7 Å². The Labute approximate surface area is 198 Å². The van der Waals surface area contributed by atoms with Gasteiger partial charge in [0.05, 0.1) is 16.5 Å². The first kappa shape index (κ1) is 23.6. The van der Waals surface area contributed by atoms with Gasteiger partial charge in [-0.05, 0) is 69.2 Å². The molecule has 2 heterocycles. The molecule has 9 heteroatoms. The Morgan fingerprint density at radius 3 is 2.55 bits per heavy atom. The smallest absolute Gasteiger partial charge is 0.323 e. The van der Waals surface area contributed by atoms with Gasteiger partial charge >= 0.3 is 5.97 Å². The Bertz CT molecular complexity index is 1280. The first-order valence-corrected chi connectivity index (χ1v) is 12.7. The lowest BCUT2D eigenvalue weighted by Crippen LogP contribution is -2.35. The summed E-state index contributed by atoms with van der Waals surface area (Å²) in [6.45, 7) is 5.93. The summed E-state index contributed by atoms with van der Waals surface area (Å²) in [4.78, 5) is 11.6. The molecule has 1 N–H and O–H groups in total. The zero-order valence-electron chi connectivity index (χ0n) is 18.7. The minimum Gasteiger partial charge on any atom is -0.491 e. The summed E-state index contributed by atoms with van der Waals surface area (Å²) >= 11 is 6.16. The van der Waals surface area contributed by atoms with E-state index < -0.39 is 16.0 Å². The molecule has 2 atom stereocenters. The molecule has 4 rings (SSSR count). The number of hydrogen-bond acceptors (Lipinski definition) is 4. The van der Waals surface area contributed by atoms with Crippen molar-refractivity contribution in [1.82, 2.24) is 8.87 Å². The van der Waals surface area contributed by atoms with Gasteiger partial charge in [0, 0.05) is 35.1 Å². The number of fused-ring (bicyclic) bond motifs is 1. The van der Waals surface area contributed by atoms with Crippen molar-refractivity contribution in [1.29, 1.82) is 0 Å². The molecule has 2 unspecified atom stereocenters. The Hall–Kier alpha value is -2.55. The molecule has 3 aromatic rings. The van der Waals surface area contributed by atoms with E-state index in [4.69, 9.17) is 16.3 Å². The molecule has 1 fully saturated rings. The fourth-order valence-electron chi connectivity index (χ4n) is 4.63. The minimum absolute atomic E-state index is 0.00459. The van der Waals surface area contributed by atoms with Crippen molar-refractivity contribution in [2.45, 2.75) is 56.7 Å². The fourth-order valence-corrected chi connectivity index (χ4v) is 6.48. The molecule has 1 aliphatic heterocycles. The number of benzene rings is 2. The van der Waals surface area contributed by atoms with Crippen LogP contribution >= 0.6 is 11.6 Å². The second-order valence-corrected chi connectivity index (χ2v) is 11.0. The molecule has 2 aromatic carbocycles. The molecule has 1 aliphatic rings. The normalized spacial score (nSPS) is 19.4. The number of ether oxygens (including phenoxy) is 1. The molecule has 33 heavy (non-hydrogen) atoms. The summed E-state index contributed by atoms with van der Waals surface area (Å²) < 4.78 is 35.6. The number of halogens is 1. The third-order valence-corrected chi connectivity index (χ3v) is 8.31. The molecule has 0 amide bonds. The second kappa shape index (κ2) is 9.00. The Morgan fingerprint density at radius 1 is 1.21 bits per heavy atom. The van der Waals surface area contributed by atoms with Crippen molar-refractivity contribution in [2.75, 3.05) is 6.54 Å². The van der Waals surface area contributed by atoms with Crippen LogP contribution in [0.2, 0.25) is 5.02 Å². The van der Waals surface area contributed by atoms with Crippen molar-refractivity contribution in [2.24, 2.45) is 0 Å². The molecular formula is C24H27ClN2O5S. The summed E-state index contributed by atoms with van der Waals surface area (Å²) in [5.74, 6) is -0.393. The van der Waals surface area contributed by atoms with Crippen LogP contribution in [0.5, 0.6) is 5.75 Å². The zero-order chi connectivity index (χ0) is 23.9. The highest BCUT2D eigenvalue weighted by Gasteiger charge is 2.40. The van der Waals surface area contributed by atoms with E-state index in [1.165, 1.54) is 4.31 Å². The van der Waals surface area contributed by atoms with Gasteiger partial charge in [-0.2, -0.15) is 4.31 Å². The Kier molecular flexibility index (Phi) is 6.44. The molecular weight excluding hydrogens is 464 g/mol. The molecule has 7 nitrogen and oxygen atoms in total. The van der Waals surface area contributed by atoms with Gasteiger partial charge in [-0.3, -0.25) is 4.79 Å². The summed E-state index contributed by atoms with van der Waals surface area (Å²) in [7, 11) is -3.69. The minimum atomic E-state index is -3.69. The molecule has 0 radical (unpaired) electrons. The summed E-state index contributed by atoms with van der Waals surface area (Å²) in [6, 6.07) is 11.6. The van der Waals surface area contributed by atoms with Crippen LogP contribution in [-0.2, 0) is 21.4 Å². The lowest BCUT2D eigenvalue weighted by Gasteiger charge is -2.24. The maximum atomic E-state index is 13.4. The average Bonchev–Trinajstić information content (AvgIpc) is 3.28. The van der Waals surface area contributed by atoms with Crippen LogP contribution in [0.4, 0.5) is 0 Å². The summed E-state index contributed by atoms with van der Waals surface area (Å²) in [6.07, 6.45) is 2.47. The van der Waals surface area contributed by atoms with Crippen LogP contribution in [0, 0.1) is 0 Å². The van der Waals surface area contributed by atoms with E-state index in [-0.39, 0.29) is 29.5 Å². The predicted molar refractivity (Wildman–Crippen MR) is 128 cm³/mol. The zero-order valence-corrected chi connectivity index (χ0v) is 20.3. The molecule has 0 saturated carbocycles. The third-order valence-electron chi connectivity index (χ3n) is 6.08. The van der Waals surface area contributed by atoms with Gasteiger partial charge in [0.1, 0.15) is 12.3 Å². The monoisotopic (exact) mass is 490 g/mol. The number of sulfonamides is 1. The van der Waals surface area contributed by atoms with Gasteiger partial charge in [0.25, 0.3) is 0 Å². The lowest BCUT2D eigenvalue weighted by atomic mass is 9.92. The third kappa shape index (κ3) is 4.60. The van der Waals surface area contributed by atoms with E-state index in [1.54, 1.807) is 41.0 Å². The van der Waals surface area contributed by atoms with Gasteiger partial charge in [-0.25, -0.2) is 8.42 Å². The number of carboxylic acid groups (broad SMARTS) is 1. The first-order chi connectivity index (χ1) is 15.6. The molecule has 1 saturated heterocycles. The average molecular weight is 491 g/mol. The number of aliphatic carboxylic acids is 1. The van der Waals surface area contributed by atoms with Crippen LogP contribution in [0.15, 0.2) is 53.6 Å². The van der Waals surface area contributed by atoms with Crippen molar-refractivity contribution < 1.29 is 23.1 Å². The molecule has 0 bridgehead atoms. The van der Waals surface area contributed by atoms with Crippen molar-refractivity contribution in [3.8, 4) is 5.75 Å². The van der Waals surface area contributed by atoms with Gasteiger partial charge < -0.3 is 14.4 Å². The van der Waals surface area contributed by atoms with Crippen LogP contribution in [0.1, 0.15) is 38.7 Å². The fraction of sp³-hybridized carbons (Fsp3) is 0.375. The number of rotatable bonds is 7. The van der Waals surface area contributed by atoms with Crippen molar-refractivity contribution in [3.05, 3.63) is 59.2 Å². The number of nitrogens with zero attached hydrogens (tertiary/aromatic N) is 2. The highest BCUT2D eigenvalue weighted by Crippen LogP contribution is 2.41. The number of hydrogen-bond donors (Lipinski definition) is 1. The van der Waals surface area contributed by atoms with Crippen LogP contribution < -0.4 is 4.74 Å². The molecule has 1 aromatic heterocycles. The quantitative estimate of drug-likeness (QED) is 0.517. The molecule has 0 spiro atoms. The first-order valence-electron chi connectivity index (χ1n) is 10.9. The largest absolute Gasteiger partial charge is 0.491 e. The van der Waals surface area contributed by atoms with Crippen LogP contribution in [0.3, 0.4) is 0 Å². The SMILES string of the molecule is CC(C)Oc1ccc(S(=O)(=O)N2CCC(c3cn(CC(=O)O)c4cc(Cl)ccc34)C2C)cc1. The van der Waals surface area contributed by atoms with Gasteiger partial charge in [0.2, 0.25) is 10.0 Å². The van der Waals surface area contributed by atoms with Gasteiger partial charge in [0.15, 0.2) is 0 Å². The Balaban J connectivity index is 1.65. The van der Waals surface area contributed by atoms with E-state index in [2.05, 4.69) is 0 Å². The van der Waals surface area contributed by atoms with Crippen molar-refractivity contribution in [3.63, 3.8) is 0 Å². The lowest BCUT2D eigenvalue weighted by molar-refractivity contribution is -0.137. The second-order valence-electron chi connectivity index (χ2n) is 8.66. The maximum absolute atomic E-state index is 13.4. The number of aromatic nitrogens is 1. The highest BCUT2D eigenvalue weighted by atomic mass is 35.5. The summed E-state index contributed by atoms with van der Waals surface area (Å²) in [5.41, 5.74) is 1.67. The van der Waals surface area contributed by atoms with E-state index in [0.29, 0.717) is 23.7 Å². The number of carboxylic acids is 1. The highest BCUT2D eigenvalue weighted by molar-refractivity contribution is 7.89. The van der Waals surface area contributed by atoms with E-state index in [0.717, 1.165) is 16.5 Å². The topological polar surface area (TPSA) is 88.8 Å². The summed E-state index contributed by atoms with van der Waals surface area (Å²) in [5, 5.41) is 10.7. The standard InChI is InChI=1S/C24H27ClN2O5S/c1-15(2)32-18-5-7-19(8-6-18)33(30,31)27-11-10-20(16(27)3)22-13-26(14-24(28)29)23-12-17(25)4-9-21(22)23/h4-9,12-13,15-16,20H,10-11,14H2,1-3H3,(H,28,29). The van der Waals surface area contributed by atoms with E-state index in [1.807, 2.05) is 33.0 Å². The van der Waals surface area contributed by atoms with Crippen LogP contribution in [-0.4, -0.2) is 47.1 Å². The molecule has 0 aliphatic carbocycles. The Morgan fingerprint density at radius 2 is 1.91 bits per heavy atom. The van der Waals surface area contributed by atoms with E-state index >= 15 is 0 Å². The van der Waals surface area contributed by atoms with E-state index in [9.17, 15) is 18.3 Å². The van der Waals surface area contributed by atoms with Crippen LogP contribution in [0.25, 0.3) is 10.9 Å². The number of carbonyl (C=O) groups is 1. The van der Waals surface area contributed by atoms with Crippen molar-refractivity contribution >= 4 is 38.5 Å². The predicted octanol–water partition coefficient (Wildman–Crippen LogP) is 4.73.